The van der Waals surface area contributed by atoms with Crippen molar-refractivity contribution in [3.05, 3.63) is 96.6 Å². The van der Waals surface area contributed by atoms with Gasteiger partial charge in [-0.25, -0.2) is 4.98 Å². The molecule has 0 unspecified atom stereocenters. The lowest BCUT2D eigenvalue weighted by Crippen LogP contribution is -2.13. The summed E-state index contributed by atoms with van der Waals surface area (Å²) < 4.78 is 11.9. The number of nitrogens with one attached hydrogen (secondary N) is 1. The molecule has 4 aromatic carbocycles. The number of aromatic amines is 1. The SMILES string of the molecule is CCCCC[C@H]1CC[C@H](c2ccc(-c3ccc(OCCCCCCOc4ccc(-c5nc6ccccc6[nH]5)c(O)c4)cc3)cc2)CC1. The molecule has 6 rings (SSSR count). The molecular formula is C42H50N2O3. The topological polar surface area (TPSA) is 67.4 Å². The number of aromatic hydroxyl groups is 1. The van der Waals surface area contributed by atoms with Gasteiger partial charge in [0.15, 0.2) is 0 Å². The number of phenolic OH excluding ortho intramolecular Hbond substituents is 1. The number of unbranched alkanes of at least 4 members (excludes halogenated alkanes) is 5. The van der Waals surface area contributed by atoms with Gasteiger partial charge in [0.25, 0.3) is 0 Å². The van der Waals surface area contributed by atoms with Crippen molar-refractivity contribution in [1.29, 1.82) is 0 Å². The van der Waals surface area contributed by atoms with Gasteiger partial charge in [0.05, 0.1) is 29.8 Å². The second kappa shape index (κ2) is 16.5. The highest BCUT2D eigenvalue weighted by molar-refractivity contribution is 5.80. The van der Waals surface area contributed by atoms with Gasteiger partial charge in [0, 0.05) is 6.07 Å². The molecule has 246 valence electrons. The van der Waals surface area contributed by atoms with Gasteiger partial charge >= 0.3 is 0 Å². The number of hydrogen-bond acceptors (Lipinski definition) is 4. The maximum absolute atomic E-state index is 10.6. The Morgan fingerprint density at radius 3 is 2.04 bits per heavy atom. The number of ether oxygens (including phenoxy) is 2. The Bertz CT molecular complexity index is 1630. The normalized spacial score (nSPS) is 16.4. The molecule has 1 heterocycles. The lowest BCUT2D eigenvalue weighted by Gasteiger charge is -2.29. The molecule has 0 saturated heterocycles. The molecule has 0 amide bonds. The van der Waals surface area contributed by atoms with E-state index < -0.39 is 0 Å². The first-order valence-electron chi connectivity index (χ1n) is 17.9. The standard InChI is InChI=1S/C42H50N2O3/c1-2-3-6-11-31-14-16-32(17-15-31)33-18-20-34(21-19-33)35-22-24-36(25-23-35)46-28-9-4-5-10-29-47-37-26-27-38(41(45)30-37)42-43-39-12-7-8-13-40(39)44-42/h7-8,12-13,18-27,30-32,45H,2-6,9-11,14-17,28-29H2,1H3,(H,43,44)/t31-,32-. The van der Waals surface area contributed by atoms with Crippen LogP contribution in [-0.2, 0) is 0 Å². The van der Waals surface area contributed by atoms with Crippen LogP contribution in [0.15, 0.2) is 91.0 Å². The third-order valence-electron chi connectivity index (χ3n) is 9.82. The predicted molar refractivity (Wildman–Crippen MR) is 193 cm³/mol. The number of aromatic nitrogens is 2. The highest BCUT2D eigenvalue weighted by Gasteiger charge is 2.22. The number of imidazole rings is 1. The summed E-state index contributed by atoms with van der Waals surface area (Å²) in [7, 11) is 0. The van der Waals surface area contributed by atoms with Crippen molar-refractivity contribution in [2.45, 2.75) is 89.9 Å². The Morgan fingerprint density at radius 2 is 1.36 bits per heavy atom. The molecule has 5 nitrogen and oxygen atoms in total. The van der Waals surface area contributed by atoms with E-state index in [0.717, 1.165) is 54.3 Å². The van der Waals surface area contributed by atoms with Crippen LogP contribution in [0.2, 0.25) is 0 Å². The molecule has 1 fully saturated rings. The third-order valence-corrected chi connectivity index (χ3v) is 9.82. The fourth-order valence-corrected chi connectivity index (χ4v) is 6.98. The van der Waals surface area contributed by atoms with E-state index in [4.69, 9.17) is 9.47 Å². The van der Waals surface area contributed by atoms with E-state index in [1.807, 2.05) is 36.4 Å². The second-order valence-electron chi connectivity index (χ2n) is 13.3. The first-order valence-corrected chi connectivity index (χ1v) is 17.9. The van der Waals surface area contributed by atoms with Gasteiger partial charge < -0.3 is 19.6 Å². The van der Waals surface area contributed by atoms with Crippen molar-refractivity contribution in [2.75, 3.05) is 13.2 Å². The van der Waals surface area contributed by atoms with Crippen LogP contribution in [0, 0.1) is 5.92 Å². The fraction of sp³-hybridized carbons (Fsp3) is 0.405. The van der Waals surface area contributed by atoms with E-state index >= 15 is 0 Å². The van der Waals surface area contributed by atoms with Crippen molar-refractivity contribution < 1.29 is 14.6 Å². The smallest absolute Gasteiger partial charge is 0.142 e. The van der Waals surface area contributed by atoms with Crippen LogP contribution in [0.4, 0.5) is 0 Å². The van der Waals surface area contributed by atoms with Gasteiger partial charge in [0.2, 0.25) is 0 Å². The zero-order valence-electron chi connectivity index (χ0n) is 27.9. The highest BCUT2D eigenvalue weighted by Crippen LogP contribution is 2.38. The molecule has 1 aliphatic rings. The minimum atomic E-state index is 0.158. The number of benzene rings is 4. The molecule has 0 bridgehead atoms. The van der Waals surface area contributed by atoms with Crippen molar-refractivity contribution in [3.63, 3.8) is 0 Å². The maximum atomic E-state index is 10.6. The third kappa shape index (κ3) is 8.97. The number of H-pyrrole nitrogens is 1. The zero-order chi connectivity index (χ0) is 32.3. The first-order chi connectivity index (χ1) is 23.2. The van der Waals surface area contributed by atoms with Crippen molar-refractivity contribution in [1.82, 2.24) is 9.97 Å². The minimum absolute atomic E-state index is 0.158. The molecule has 0 spiro atoms. The zero-order valence-corrected chi connectivity index (χ0v) is 27.9. The lowest BCUT2D eigenvalue weighted by atomic mass is 9.77. The Labute approximate surface area is 280 Å². The van der Waals surface area contributed by atoms with Gasteiger partial charge in [-0.3, -0.25) is 0 Å². The average Bonchev–Trinajstić information content (AvgIpc) is 3.54. The second-order valence-corrected chi connectivity index (χ2v) is 13.3. The van der Waals surface area contributed by atoms with Gasteiger partial charge in [0.1, 0.15) is 23.1 Å². The molecule has 1 saturated carbocycles. The summed E-state index contributed by atoms with van der Waals surface area (Å²) >= 11 is 0. The van der Waals surface area contributed by atoms with E-state index in [0.29, 0.717) is 30.4 Å². The quantitative estimate of drug-likeness (QED) is 0.106. The Hall–Kier alpha value is -4.25. The largest absolute Gasteiger partial charge is 0.507 e. The van der Waals surface area contributed by atoms with Gasteiger partial charge in [-0.15, -0.1) is 0 Å². The Kier molecular flexibility index (Phi) is 11.5. The number of nitrogens with zero attached hydrogens (tertiary/aromatic N) is 1. The lowest BCUT2D eigenvalue weighted by molar-refractivity contribution is 0.287. The number of para-hydroxylation sites is 2. The summed E-state index contributed by atoms with van der Waals surface area (Å²) in [6.45, 7) is 3.63. The van der Waals surface area contributed by atoms with Crippen LogP contribution in [0.1, 0.15) is 95.5 Å². The van der Waals surface area contributed by atoms with Crippen molar-refractivity contribution in [2.24, 2.45) is 5.92 Å². The Balaban J connectivity index is 0.854. The Morgan fingerprint density at radius 1 is 0.702 bits per heavy atom. The maximum Gasteiger partial charge on any atom is 0.142 e. The van der Waals surface area contributed by atoms with E-state index in [1.165, 1.54) is 68.1 Å². The summed E-state index contributed by atoms with van der Waals surface area (Å²) in [5, 5.41) is 10.6. The summed E-state index contributed by atoms with van der Waals surface area (Å²) in [4.78, 5) is 7.84. The van der Waals surface area contributed by atoms with Gasteiger partial charge in [-0.2, -0.15) is 0 Å². The molecule has 47 heavy (non-hydrogen) atoms. The molecule has 0 aliphatic heterocycles. The van der Waals surface area contributed by atoms with Crippen molar-refractivity contribution in [3.8, 4) is 39.8 Å². The van der Waals surface area contributed by atoms with Gasteiger partial charge in [-0.1, -0.05) is 81.1 Å². The van der Waals surface area contributed by atoms with Crippen LogP contribution < -0.4 is 9.47 Å². The number of hydrogen-bond donors (Lipinski definition) is 2. The van der Waals surface area contributed by atoms with Crippen LogP contribution in [0.3, 0.4) is 0 Å². The summed E-state index contributed by atoms with van der Waals surface area (Å²) in [6, 6.07) is 31.1. The molecule has 5 aromatic rings. The molecule has 1 aromatic heterocycles. The molecular weight excluding hydrogens is 580 g/mol. The summed E-state index contributed by atoms with van der Waals surface area (Å²) in [5.74, 6) is 4.09. The van der Waals surface area contributed by atoms with E-state index in [1.54, 1.807) is 6.07 Å². The number of rotatable bonds is 16. The van der Waals surface area contributed by atoms with Crippen molar-refractivity contribution >= 4 is 11.0 Å². The monoisotopic (exact) mass is 630 g/mol. The van der Waals surface area contributed by atoms with E-state index in [9.17, 15) is 5.11 Å². The number of fused-ring (bicyclic) bond motifs is 1. The van der Waals surface area contributed by atoms with E-state index in [2.05, 4.69) is 65.4 Å². The van der Waals surface area contributed by atoms with Crippen LogP contribution >= 0.6 is 0 Å². The predicted octanol–water partition coefficient (Wildman–Crippen LogP) is 11.5. The molecule has 5 heteroatoms. The molecule has 1 aliphatic carbocycles. The molecule has 2 N–H and O–H groups in total. The van der Waals surface area contributed by atoms with Crippen LogP contribution in [0.25, 0.3) is 33.5 Å². The minimum Gasteiger partial charge on any atom is -0.507 e. The molecule has 0 atom stereocenters. The van der Waals surface area contributed by atoms with Crippen LogP contribution in [-0.4, -0.2) is 28.3 Å². The molecule has 0 radical (unpaired) electrons. The highest BCUT2D eigenvalue weighted by atomic mass is 16.5. The first kappa shape index (κ1) is 32.7. The summed E-state index contributed by atoms with van der Waals surface area (Å²) in [5.41, 5.74) is 6.51. The fourth-order valence-electron chi connectivity index (χ4n) is 6.98. The summed E-state index contributed by atoms with van der Waals surface area (Å²) in [6.07, 6.45) is 15.2. The average molecular weight is 631 g/mol. The van der Waals surface area contributed by atoms with Gasteiger partial charge in [-0.05, 0) is 116 Å². The van der Waals surface area contributed by atoms with E-state index in [-0.39, 0.29) is 5.75 Å². The van der Waals surface area contributed by atoms with Crippen LogP contribution in [0.5, 0.6) is 17.2 Å². The number of phenols is 1.